The number of methoxy groups -OCH3 is 1. The van der Waals surface area contributed by atoms with Crippen LogP contribution in [-0.4, -0.2) is 39.2 Å². The molecule has 37 heavy (non-hydrogen) atoms. The van der Waals surface area contributed by atoms with Gasteiger partial charge in [0.15, 0.2) is 0 Å². The van der Waals surface area contributed by atoms with Crippen molar-refractivity contribution in [3.05, 3.63) is 94.9 Å². The van der Waals surface area contributed by atoms with Crippen LogP contribution in [0, 0.1) is 12.7 Å². The third kappa shape index (κ3) is 6.04. The SMILES string of the molecule is COc1ccc2cc(/C=N\NC(=O)CN(c3ccc(C)cc3)S(=O)(=O)c3ccc(F)cc3)c(Cl)nc2c1. The van der Waals surface area contributed by atoms with Gasteiger partial charge in [-0.05, 0) is 61.5 Å². The normalized spacial score (nSPS) is 11.6. The second-order valence-corrected chi connectivity index (χ2v) is 10.2. The Kier molecular flexibility index (Phi) is 7.70. The molecule has 4 rings (SSSR count). The highest BCUT2D eigenvalue weighted by atomic mass is 35.5. The first-order valence-electron chi connectivity index (χ1n) is 11.0. The zero-order valence-corrected chi connectivity index (χ0v) is 21.4. The highest BCUT2D eigenvalue weighted by Gasteiger charge is 2.27. The zero-order chi connectivity index (χ0) is 26.6. The summed E-state index contributed by atoms with van der Waals surface area (Å²) in [6.45, 7) is 1.29. The van der Waals surface area contributed by atoms with Gasteiger partial charge in [-0.15, -0.1) is 0 Å². The van der Waals surface area contributed by atoms with Gasteiger partial charge < -0.3 is 4.74 Å². The summed E-state index contributed by atoms with van der Waals surface area (Å²) in [6, 6.07) is 18.1. The number of nitrogens with zero attached hydrogens (tertiary/aromatic N) is 3. The summed E-state index contributed by atoms with van der Waals surface area (Å²) in [6.07, 6.45) is 1.32. The number of sulfonamides is 1. The molecule has 0 aliphatic carbocycles. The van der Waals surface area contributed by atoms with E-state index in [2.05, 4.69) is 15.5 Å². The summed E-state index contributed by atoms with van der Waals surface area (Å²) >= 11 is 6.26. The Balaban J connectivity index is 1.55. The lowest BCUT2D eigenvalue weighted by Crippen LogP contribution is -2.39. The highest BCUT2D eigenvalue weighted by Crippen LogP contribution is 2.25. The Morgan fingerprint density at radius 2 is 1.81 bits per heavy atom. The molecule has 4 aromatic rings. The van der Waals surface area contributed by atoms with Crippen LogP contribution in [-0.2, 0) is 14.8 Å². The van der Waals surface area contributed by atoms with Gasteiger partial charge in [-0.2, -0.15) is 5.10 Å². The molecule has 0 atom stereocenters. The molecule has 1 N–H and O–H groups in total. The van der Waals surface area contributed by atoms with Gasteiger partial charge in [-0.25, -0.2) is 23.2 Å². The number of pyridine rings is 1. The molecule has 3 aromatic carbocycles. The van der Waals surface area contributed by atoms with E-state index in [4.69, 9.17) is 16.3 Å². The number of ether oxygens (including phenoxy) is 1. The molecular weight excluding hydrogens is 519 g/mol. The molecule has 0 bridgehead atoms. The number of nitrogens with one attached hydrogen (secondary N) is 1. The first kappa shape index (κ1) is 26.1. The Hall–Kier alpha value is -4.02. The number of benzene rings is 3. The Bertz CT molecular complexity index is 1580. The quantitative estimate of drug-likeness (QED) is 0.198. The fourth-order valence-electron chi connectivity index (χ4n) is 3.46. The van der Waals surface area contributed by atoms with Gasteiger partial charge in [0.25, 0.3) is 15.9 Å². The predicted octanol–water partition coefficient (Wildman–Crippen LogP) is 4.69. The molecule has 0 aliphatic heterocycles. The third-order valence-electron chi connectivity index (χ3n) is 5.41. The van der Waals surface area contributed by atoms with Crippen molar-refractivity contribution in [1.29, 1.82) is 0 Å². The fraction of sp³-hybridized carbons (Fsp3) is 0.115. The summed E-state index contributed by atoms with van der Waals surface area (Å²) in [5.41, 5.74) is 4.59. The van der Waals surface area contributed by atoms with Gasteiger partial charge in [-0.1, -0.05) is 29.3 Å². The number of amides is 1. The minimum Gasteiger partial charge on any atom is -0.497 e. The molecule has 0 unspecified atom stereocenters. The van der Waals surface area contributed by atoms with Crippen LogP contribution in [0.5, 0.6) is 5.75 Å². The van der Waals surface area contributed by atoms with Crippen LogP contribution in [0.3, 0.4) is 0 Å². The van der Waals surface area contributed by atoms with E-state index >= 15 is 0 Å². The van der Waals surface area contributed by atoms with E-state index in [1.165, 1.54) is 6.21 Å². The number of fused-ring (bicyclic) bond motifs is 1. The summed E-state index contributed by atoms with van der Waals surface area (Å²) < 4.78 is 46.1. The van der Waals surface area contributed by atoms with Crippen LogP contribution in [0.1, 0.15) is 11.1 Å². The Labute approximate surface area is 218 Å². The van der Waals surface area contributed by atoms with Crippen molar-refractivity contribution in [2.45, 2.75) is 11.8 Å². The molecule has 1 aromatic heterocycles. The number of hydrazone groups is 1. The number of carbonyl (C=O) groups is 1. The molecule has 8 nitrogen and oxygen atoms in total. The largest absolute Gasteiger partial charge is 0.497 e. The van der Waals surface area contributed by atoms with Crippen LogP contribution in [0.4, 0.5) is 10.1 Å². The number of aromatic nitrogens is 1. The monoisotopic (exact) mass is 540 g/mol. The van der Waals surface area contributed by atoms with Crippen molar-refractivity contribution in [2.75, 3.05) is 18.0 Å². The zero-order valence-electron chi connectivity index (χ0n) is 19.9. The van der Waals surface area contributed by atoms with Crippen molar-refractivity contribution in [3.8, 4) is 5.75 Å². The van der Waals surface area contributed by atoms with Crippen molar-refractivity contribution in [2.24, 2.45) is 5.10 Å². The van der Waals surface area contributed by atoms with Gasteiger partial charge in [0.1, 0.15) is 23.3 Å². The highest BCUT2D eigenvalue weighted by molar-refractivity contribution is 7.92. The minimum absolute atomic E-state index is 0.156. The lowest BCUT2D eigenvalue weighted by molar-refractivity contribution is -0.119. The maximum absolute atomic E-state index is 13.4. The van der Waals surface area contributed by atoms with Gasteiger partial charge >= 0.3 is 0 Å². The number of hydrogen-bond donors (Lipinski definition) is 1. The van der Waals surface area contributed by atoms with Gasteiger partial charge in [0, 0.05) is 17.0 Å². The topological polar surface area (TPSA) is 101 Å². The third-order valence-corrected chi connectivity index (χ3v) is 7.50. The molecule has 0 radical (unpaired) electrons. The minimum atomic E-state index is -4.18. The number of rotatable bonds is 8. The van der Waals surface area contributed by atoms with Gasteiger partial charge in [0.05, 0.1) is 29.4 Å². The Morgan fingerprint density at radius 1 is 1.11 bits per heavy atom. The summed E-state index contributed by atoms with van der Waals surface area (Å²) in [5.74, 6) is -0.635. The molecule has 1 amide bonds. The average Bonchev–Trinajstić information content (AvgIpc) is 2.88. The first-order valence-corrected chi connectivity index (χ1v) is 12.8. The van der Waals surface area contributed by atoms with E-state index in [0.29, 0.717) is 16.8 Å². The second-order valence-electron chi connectivity index (χ2n) is 8.02. The van der Waals surface area contributed by atoms with E-state index in [0.717, 1.165) is 39.5 Å². The number of anilines is 1. The molecular formula is C26H22ClFN4O4S. The lowest BCUT2D eigenvalue weighted by atomic mass is 10.1. The van der Waals surface area contributed by atoms with Crippen molar-refractivity contribution >= 4 is 50.3 Å². The standard InChI is InChI=1S/C26H22ClFN4O4S/c1-17-3-8-21(9-4-17)32(37(34,35)23-11-6-20(28)7-12-23)16-25(33)31-29-15-19-13-18-5-10-22(36-2)14-24(18)30-26(19)27/h3-15H,16H2,1-2H3,(H,31,33)/b29-15-. The molecule has 0 aliphatic rings. The van der Waals surface area contributed by atoms with E-state index in [1.54, 1.807) is 49.6 Å². The van der Waals surface area contributed by atoms with Crippen molar-refractivity contribution < 1.29 is 22.3 Å². The van der Waals surface area contributed by atoms with Crippen LogP contribution in [0.15, 0.2) is 82.8 Å². The maximum atomic E-state index is 13.4. The van der Waals surface area contributed by atoms with E-state index < -0.39 is 28.3 Å². The second kappa shape index (κ2) is 10.9. The first-order chi connectivity index (χ1) is 17.7. The summed E-state index contributed by atoms with van der Waals surface area (Å²) in [4.78, 5) is 16.9. The molecule has 0 spiro atoms. The average molecular weight is 541 g/mol. The smallest absolute Gasteiger partial charge is 0.264 e. The van der Waals surface area contributed by atoms with Crippen molar-refractivity contribution in [1.82, 2.24) is 10.4 Å². The van der Waals surface area contributed by atoms with E-state index in [1.807, 2.05) is 13.0 Å². The molecule has 0 fully saturated rings. The van der Waals surface area contributed by atoms with E-state index in [-0.39, 0.29) is 15.7 Å². The number of halogens is 2. The number of carbonyl (C=O) groups excluding carboxylic acids is 1. The summed E-state index contributed by atoms with van der Waals surface area (Å²) in [7, 11) is -2.63. The number of aryl methyl sites for hydroxylation is 1. The molecule has 1 heterocycles. The van der Waals surface area contributed by atoms with Crippen LogP contribution < -0.4 is 14.5 Å². The van der Waals surface area contributed by atoms with Gasteiger partial charge in [0.2, 0.25) is 0 Å². The van der Waals surface area contributed by atoms with Crippen LogP contribution in [0.2, 0.25) is 5.15 Å². The lowest BCUT2D eigenvalue weighted by Gasteiger charge is -2.23. The maximum Gasteiger partial charge on any atom is 0.264 e. The van der Waals surface area contributed by atoms with E-state index in [9.17, 15) is 17.6 Å². The van der Waals surface area contributed by atoms with Crippen LogP contribution >= 0.6 is 11.6 Å². The van der Waals surface area contributed by atoms with Gasteiger partial charge in [-0.3, -0.25) is 9.10 Å². The predicted molar refractivity (Wildman–Crippen MR) is 141 cm³/mol. The van der Waals surface area contributed by atoms with Crippen molar-refractivity contribution in [3.63, 3.8) is 0 Å². The van der Waals surface area contributed by atoms with Crippen LogP contribution in [0.25, 0.3) is 10.9 Å². The molecule has 0 saturated heterocycles. The molecule has 190 valence electrons. The molecule has 0 saturated carbocycles. The fourth-order valence-corrected chi connectivity index (χ4v) is 5.07. The number of hydrogen-bond acceptors (Lipinski definition) is 6. The Morgan fingerprint density at radius 3 is 2.49 bits per heavy atom. The molecule has 11 heteroatoms. The summed E-state index contributed by atoms with van der Waals surface area (Å²) in [5, 5.41) is 4.88.